The molecule has 0 bridgehead atoms. The first-order chi connectivity index (χ1) is 12.2. The van der Waals surface area contributed by atoms with Crippen LogP contribution in [0.2, 0.25) is 0 Å². The van der Waals surface area contributed by atoms with E-state index in [1.807, 2.05) is 54.2 Å². The Balaban J connectivity index is 0.000000230. The van der Waals surface area contributed by atoms with Gasteiger partial charge in [0.1, 0.15) is 12.4 Å². The zero-order chi connectivity index (χ0) is 17.9. The standard InChI is InChI=1S/C13H19NO2S.C7H6O/c1-17-10-2-3-11-4-6-12(7-5-11)13(16)14-8-9-15;1-2-4-7-6(3-1)5-8-7/h4-7,15H,2-3,8-10H2,1H3,(H,14,16);1-4H,5H2. The Hall–Kier alpha value is -1.98. The van der Waals surface area contributed by atoms with Crippen LogP contribution in [0.25, 0.3) is 0 Å². The van der Waals surface area contributed by atoms with E-state index in [2.05, 4.69) is 17.6 Å². The molecule has 0 radical (unpaired) electrons. The molecule has 1 aliphatic heterocycles. The number of para-hydroxylation sites is 1. The lowest BCUT2D eigenvalue weighted by atomic mass is 10.1. The highest BCUT2D eigenvalue weighted by atomic mass is 32.2. The van der Waals surface area contributed by atoms with Crippen molar-refractivity contribution < 1.29 is 14.6 Å². The summed E-state index contributed by atoms with van der Waals surface area (Å²) in [6, 6.07) is 15.7. The van der Waals surface area contributed by atoms with Crippen molar-refractivity contribution in [1.29, 1.82) is 0 Å². The fourth-order valence-electron chi connectivity index (χ4n) is 2.35. The van der Waals surface area contributed by atoms with Gasteiger partial charge in [0.05, 0.1) is 6.61 Å². The van der Waals surface area contributed by atoms with Crippen LogP contribution in [0, 0.1) is 0 Å². The molecule has 1 aliphatic rings. The van der Waals surface area contributed by atoms with Crippen molar-refractivity contribution in [2.45, 2.75) is 19.4 Å². The summed E-state index contributed by atoms with van der Waals surface area (Å²) in [5, 5.41) is 11.2. The quantitative estimate of drug-likeness (QED) is 0.745. The number of carbonyl (C=O) groups excluding carboxylic acids is 1. The summed E-state index contributed by atoms with van der Waals surface area (Å²) in [6.07, 6.45) is 4.32. The largest absolute Gasteiger partial charge is 0.488 e. The molecule has 0 saturated carbocycles. The van der Waals surface area contributed by atoms with Gasteiger partial charge in [-0.25, -0.2) is 0 Å². The molecule has 0 aromatic heterocycles. The van der Waals surface area contributed by atoms with Crippen molar-refractivity contribution in [3.05, 3.63) is 65.2 Å². The zero-order valence-corrected chi connectivity index (χ0v) is 15.3. The zero-order valence-electron chi connectivity index (χ0n) is 14.5. The number of hydrogen-bond donors (Lipinski definition) is 2. The van der Waals surface area contributed by atoms with Crippen LogP contribution in [0.15, 0.2) is 48.5 Å². The van der Waals surface area contributed by atoms with Crippen molar-refractivity contribution >= 4 is 17.7 Å². The minimum Gasteiger partial charge on any atom is -0.488 e. The molecule has 0 unspecified atom stereocenters. The number of benzene rings is 2. The Morgan fingerprint density at radius 1 is 1.20 bits per heavy atom. The highest BCUT2D eigenvalue weighted by molar-refractivity contribution is 7.98. The van der Waals surface area contributed by atoms with Crippen LogP contribution >= 0.6 is 11.8 Å². The predicted octanol–water partition coefficient (Wildman–Crippen LogP) is 3.28. The van der Waals surface area contributed by atoms with E-state index in [9.17, 15) is 4.79 Å². The van der Waals surface area contributed by atoms with Gasteiger partial charge in [0, 0.05) is 17.7 Å². The number of thioether (sulfide) groups is 1. The second kappa shape index (κ2) is 10.8. The molecule has 5 heteroatoms. The van der Waals surface area contributed by atoms with E-state index in [0.29, 0.717) is 12.1 Å². The monoisotopic (exact) mass is 359 g/mol. The molecule has 25 heavy (non-hydrogen) atoms. The smallest absolute Gasteiger partial charge is 0.251 e. The molecule has 0 atom stereocenters. The molecule has 1 heterocycles. The molecule has 2 aromatic rings. The van der Waals surface area contributed by atoms with E-state index in [0.717, 1.165) is 25.2 Å². The average Bonchev–Trinajstić information content (AvgIpc) is 2.62. The lowest BCUT2D eigenvalue weighted by Crippen LogP contribution is -2.26. The number of amides is 1. The van der Waals surface area contributed by atoms with Gasteiger partial charge in [-0.15, -0.1) is 0 Å². The second-order valence-corrected chi connectivity index (χ2v) is 6.65. The van der Waals surface area contributed by atoms with E-state index in [-0.39, 0.29) is 12.5 Å². The van der Waals surface area contributed by atoms with E-state index >= 15 is 0 Å². The van der Waals surface area contributed by atoms with Crippen LogP contribution in [0.5, 0.6) is 5.75 Å². The van der Waals surface area contributed by atoms with E-state index in [4.69, 9.17) is 9.84 Å². The summed E-state index contributed by atoms with van der Waals surface area (Å²) in [5.74, 6) is 2.08. The third-order valence-corrected chi connectivity index (χ3v) is 4.48. The molecule has 0 spiro atoms. The first-order valence-corrected chi connectivity index (χ1v) is 9.81. The molecule has 0 saturated heterocycles. The van der Waals surface area contributed by atoms with Gasteiger partial charge in [-0.2, -0.15) is 11.8 Å². The van der Waals surface area contributed by atoms with Gasteiger partial charge in [0.15, 0.2) is 0 Å². The van der Waals surface area contributed by atoms with Crippen molar-refractivity contribution in [2.75, 3.05) is 25.2 Å². The predicted molar refractivity (Wildman–Crippen MR) is 103 cm³/mol. The summed E-state index contributed by atoms with van der Waals surface area (Å²) in [5.41, 5.74) is 3.23. The van der Waals surface area contributed by atoms with Crippen molar-refractivity contribution in [1.82, 2.24) is 5.32 Å². The number of ether oxygens (including phenoxy) is 1. The Morgan fingerprint density at radius 2 is 1.96 bits per heavy atom. The molecule has 3 rings (SSSR count). The van der Waals surface area contributed by atoms with Crippen LogP contribution in [-0.4, -0.2) is 36.2 Å². The molecular weight excluding hydrogens is 334 g/mol. The fraction of sp³-hybridized carbons (Fsp3) is 0.350. The number of rotatable bonds is 7. The second-order valence-electron chi connectivity index (χ2n) is 5.67. The SMILES string of the molecule is CSCCCc1ccc(C(=O)NCCO)cc1.c1ccc2c(c1)CO2. The van der Waals surface area contributed by atoms with Gasteiger partial charge in [-0.05, 0) is 48.6 Å². The molecule has 2 N–H and O–H groups in total. The lowest BCUT2D eigenvalue weighted by molar-refractivity contribution is 0.0945. The van der Waals surface area contributed by atoms with E-state index in [1.54, 1.807) is 0 Å². The minimum absolute atomic E-state index is 0.0293. The summed E-state index contributed by atoms with van der Waals surface area (Å²) < 4.78 is 5.08. The number of carbonyl (C=O) groups is 1. The van der Waals surface area contributed by atoms with Gasteiger partial charge in [0.25, 0.3) is 5.91 Å². The van der Waals surface area contributed by atoms with E-state index in [1.165, 1.54) is 16.9 Å². The first kappa shape index (κ1) is 19.3. The molecule has 0 fully saturated rings. The molecule has 4 nitrogen and oxygen atoms in total. The van der Waals surface area contributed by atoms with Gasteiger partial charge < -0.3 is 15.2 Å². The van der Waals surface area contributed by atoms with Crippen molar-refractivity contribution in [2.24, 2.45) is 0 Å². The highest BCUT2D eigenvalue weighted by Crippen LogP contribution is 2.27. The van der Waals surface area contributed by atoms with Crippen LogP contribution in [0.4, 0.5) is 0 Å². The Bertz CT molecular complexity index is 635. The first-order valence-electron chi connectivity index (χ1n) is 8.42. The number of hydrogen-bond acceptors (Lipinski definition) is 4. The van der Waals surface area contributed by atoms with Crippen molar-refractivity contribution in [3.8, 4) is 5.75 Å². The summed E-state index contributed by atoms with van der Waals surface area (Å²) in [6.45, 7) is 1.07. The number of aliphatic hydroxyl groups is 1. The normalized spacial score (nSPS) is 11.3. The van der Waals surface area contributed by atoms with E-state index < -0.39 is 0 Å². The van der Waals surface area contributed by atoms with Gasteiger partial charge in [-0.3, -0.25) is 4.79 Å². The topological polar surface area (TPSA) is 58.6 Å². The Kier molecular flexibility index (Phi) is 8.35. The minimum atomic E-state index is -0.130. The lowest BCUT2D eigenvalue weighted by Gasteiger charge is -2.18. The fourth-order valence-corrected chi connectivity index (χ4v) is 2.79. The summed E-state index contributed by atoms with van der Waals surface area (Å²) in [7, 11) is 0. The van der Waals surface area contributed by atoms with Crippen LogP contribution < -0.4 is 10.1 Å². The maximum Gasteiger partial charge on any atom is 0.251 e. The number of nitrogens with one attached hydrogen (secondary N) is 1. The van der Waals surface area contributed by atoms with Gasteiger partial charge in [0.2, 0.25) is 0 Å². The van der Waals surface area contributed by atoms with Crippen LogP contribution in [0.1, 0.15) is 27.9 Å². The van der Waals surface area contributed by atoms with Crippen molar-refractivity contribution in [3.63, 3.8) is 0 Å². The molecule has 134 valence electrons. The number of aryl methyl sites for hydroxylation is 1. The third-order valence-electron chi connectivity index (χ3n) is 3.78. The van der Waals surface area contributed by atoms with Crippen LogP contribution in [-0.2, 0) is 13.0 Å². The Labute approximate surface area is 153 Å². The number of fused-ring (bicyclic) bond motifs is 1. The molecule has 0 aliphatic carbocycles. The summed E-state index contributed by atoms with van der Waals surface area (Å²) >= 11 is 1.85. The molecular formula is C20H25NO3S. The Morgan fingerprint density at radius 3 is 2.48 bits per heavy atom. The average molecular weight is 359 g/mol. The molecule has 1 amide bonds. The molecule has 2 aromatic carbocycles. The van der Waals surface area contributed by atoms with Gasteiger partial charge in [-0.1, -0.05) is 30.3 Å². The number of aliphatic hydroxyl groups excluding tert-OH is 1. The maximum absolute atomic E-state index is 11.5. The van der Waals surface area contributed by atoms with Gasteiger partial charge >= 0.3 is 0 Å². The van der Waals surface area contributed by atoms with Crippen LogP contribution in [0.3, 0.4) is 0 Å². The summed E-state index contributed by atoms with van der Waals surface area (Å²) in [4.78, 5) is 11.5. The maximum atomic E-state index is 11.5. The third kappa shape index (κ3) is 6.44. The highest BCUT2D eigenvalue weighted by Gasteiger charge is 2.10.